The molecule has 0 radical (unpaired) electrons. The maximum absolute atomic E-state index is 12.4. The summed E-state index contributed by atoms with van der Waals surface area (Å²) in [5.74, 6) is 0.755. The summed E-state index contributed by atoms with van der Waals surface area (Å²) in [6.07, 6.45) is 5.69. The maximum atomic E-state index is 12.4. The lowest BCUT2D eigenvalue weighted by Gasteiger charge is -2.06. The molecule has 2 aromatic rings. The molecule has 0 bridgehead atoms. The Balaban J connectivity index is 2.76. The van der Waals surface area contributed by atoms with E-state index in [2.05, 4.69) is 11.6 Å². The molecule has 0 aromatic carbocycles. The Morgan fingerprint density at radius 2 is 2.00 bits per heavy atom. The van der Waals surface area contributed by atoms with Crippen LogP contribution >= 0.6 is 11.8 Å². The summed E-state index contributed by atoms with van der Waals surface area (Å²) in [6.45, 7) is 6.15. The third kappa shape index (κ3) is 2.61. The molecule has 2 rings (SSSR count). The van der Waals surface area contributed by atoms with Crippen molar-refractivity contribution in [2.75, 3.05) is 5.75 Å². The van der Waals surface area contributed by atoms with Gasteiger partial charge in [0.25, 0.3) is 5.56 Å². The molecule has 0 atom stereocenters. The number of hydrogen-bond donors (Lipinski definition) is 0. The topological polar surface area (TPSA) is 61.8 Å². The number of thioether (sulfide) groups is 1. The van der Waals surface area contributed by atoms with Crippen molar-refractivity contribution in [1.82, 2.24) is 18.7 Å². The first kappa shape index (κ1) is 15.4. The molecular formula is C14H18N4O2S. The fourth-order valence-corrected chi connectivity index (χ4v) is 2.96. The number of nitrogens with zero attached hydrogens (tertiary/aromatic N) is 4. The van der Waals surface area contributed by atoms with Gasteiger partial charge in [0.05, 0.1) is 0 Å². The lowest BCUT2D eigenvalue weighted by Crippen LogP contribution is -2.37. The van der Waals surface area contributed by atoms with E-state index in [-0.39, 0.29) is 11.2 Å². The molecule has 0 spiro atoms. The van der Waals surface area contributed by atoms with E-state index in [1.54, 1.807) is 17.7 Å². The summed E-state index contributed by atoms with van der Waals surface area (Å²) in [5.41, 5.74) is 0.136. The standard InChI is InChI=1S/C14H18N4O2S/c1-5-7-9-21-13-15-11-10(18(13)8-6-2)12(19)17(4)14(20)16(11)3/h5-7H,2,8-9H2,1,3-4H3/b7-5+. The summed E-state index contributed by atoms with van der Waals surface area (Å²) in [7, 11) is 3.09. The molecule has 2 aromatic heterocycles. The molecule has 21 heavy (non-hydrogen) atoms. The molecule has 112 valence electrons. The van der Waals surface area contributed by atoms with E-state index in [0.717, 1.165) is 10.3 Å². The van der Waals surface area contributed by atoms with E-state index in [1.165, 1.54) is 23.4 Å². The highest BCUT2D eigenvalue weighted by Crippen LogP contribution is 2.21. The van der Waals surface area contributed by atoms with Crippen LogP contribution in [0, 0.1) is 0 Å². The number of rotatable bonds is 5. The molecule has 0 saturated carbocycles. The molecule has 0 unspecified atom stereocenters. The summed E-state index contributed by atoms with van der Waals surface area (Å²) in [6, 6.07) is 0. The van der Waals surface area contributed by atoms with Crippen LogP contribution < -0.4 is 11.2 Å². The van der Waals surface area contributed by atoms with Crippen LogP contribution in [0.1, 0.15) is 6.92 Å². The highest BCUT2D eigenvalue weighted by Gasteiger charge is 2.18. The van der Waals surface area contributed by atoms with Crippen LogP contribution in [-0.2, 0) is 20.6 Å². The first-order valence-corrected chi connectivity index (χ1v) is 7.52. The van der Waals surface area contributed by atoms with Crippen molar-refractivity contribution in [1.29, 1.82) is 0 Å². The van der Waals surface area contributed by atoms with Gasteiger partial charge in [0.1, 0.15) is 0 Å². The summed E-state index contributed by atoms with van der Waals surface area (Å²) >= 11 is 1.52. The summed E-state index contributed by atoms with van der Waals surface area (Å²) in [5, 5.41) is 0.710. The number of aromatic nitrogens is 4. The van der Waals surface area contributed by atoms with E-state index in [9.17, 15) is 9.59 Å². The third-order valence-electron chi connectivity index (χ3n) is 3.17. The Morgan fingerprint density at radius 3 is 2.62 bits per heavy atom. The van der Waals surface area contributed by atoms with E-state index in [0.29, 0.717) is 22.9 Å². The van der Waals surface area contributed by atoms with Gasteiger partial charge in [0.2, 0.25) is 0 Å². The van der Waals surface area contributed by atoms with Gasteiger partial charge in [-0.2, -0.15) is 0 Å². The second-order valence-corrected chi connectivity index (χ2v) is 5.54. The SMILES string of the molecule is C=CCn1c(SC/C=C/C)nc2c1c(=O)n(C)c(=O)n2C. The van der Waals surface area contributed by atoms with Gasteiger partial charge in [-0.05, 0) is 6.92 Å². The molecule has 0 aliphatic rings. The number of aryl methyl sites for hydroxylation is 1. The molecule has 2 heterocycles. The summed E-state index contributed by atoms with van der Waals surface area (Å²) < 4.78 is 4.30. The molecule has 0 aliphatic carbocycles. The highest BCUT2D eigenvalue weighted by molar-refractivity contribution is 7.99. The van der Waals surface area contributed by atoms with Crippen molar-refractivity contribution in [3.8, 4) is 0 Å². The van der Waals surface area contributed by atoms with Gasteiger partial charge in [0.15, 0.2) is 16.3 Å². The third-order valence-corrected chi connectivity index (χ3v) is 4.10. The van der Waals surface area contributed by atoms with Crippen LogP contribution in [0.2, 0.25) is 0 Å². The molecule has 0 aliphatic heterocycles. The minimum Gasteiger partial charge on any atom is -0.309 e. The Bertz CT molecular complexity index is 826. The summed E-state index contributed by atoms with van der Waals surface area (Å²) in [4.78, 5) is 28.8. The van der Waals surface area contributed by atoms with Gasteiger partial charge < -0.3 is 4.57 Å². The number of imidazole rings is 1. The molecule has 7 heteroatoms. The van der Waals surface area contributed by atoms with Gasteiger partial charge in [0, 0.05) is 26.4 Å². The number of allylic oxidation sites excluding steroid dienone is 2. The smallest absolute Gasteiger partial charge is 0.309 e. The van der Waals surface area contributed by atoms with Crippen LogP contribution in [0.5, 0.6) is 0 Å². The Labute approximate surface area is 126 Å². The van der Waals surface area contributed by atoms with Gasteiger partial charge in [-0.15, -0.1) is 6.58 Å². The van der Waals surface area contributed by atoms with Crippen LogP contribution in [0.3, 0.4) is 0 Å². The zero-order valence-corrected chi connectivity index (χ0v) is 13.2. The number of fused-ring (bicyclic) bond motifs is 1. The molecule has 0 fully saturated rings. The lowest BCUT2D eigenvalue weighted by molar-refractivity contribution is 0.700. The molecule has 0 saturated heterocycles. The minimum atomic E-state index is -0.374. The van der Waals surface area contributed by atoms with Gasteiger partial charge in [-0.1, -0.05) is 30.0 Å². The van der Waals surface area contributed by atoms with E-state index >= 15 is 0 Å². The normalized spacial score (nSPS) is 11.6. The van der Waals surface area contributed by atoms with Crippen molar-refractivity contribution >= 4 is 22.9 Å². The van der Waals surface area contributed by atoms with Crippen molar-refractivity contribution in [2.24, 2.45) is 14.1 Å². The van der Waals surface area contributed by atoms with Crippen LogP contribution in [-0.4, -0.2) is 24.4 Å². The van der Waals surface area contributed by atoms with E-state index in [1.807, 2.05) is 19.1 Å². The average Bonchev–Trinajstić information content (AvgIpc) is 2.83. The predicted molar refractivity (Wildman–Crippen MR) is 86.0 cm³/mol. The quantitative estimate of drug-likeness (QED) is 0.617. The Kier molecular flexibility index (Phi) is 4.52. The zero-order valence-electron chi connectivity index (χ0n) is 12.4. The number of hydrogen-bond acceptors (Lipinski definition) is 4. The fourth-order valence-electron chi connectivity index (χ4n) is 2.05. The fraction of sp³-hybridized carbons (Fsp3) is 0.357. The first-order valence-electron chi connectivity index (χ1n) is 6.54. The monoisotopic (exact) mass is 306 g/mol. The predicted octanol–water partition coefficient (Wildman–Crippen LogP) is 1.29. The van der Waals surface area contributed by atoms with Crippen LogP contribution in [0.15, 0.2) is 39.6 Å². The molecule has 0 amide bonds. The van der Waals surface area contributed by atoms with Crippen molar-refractivity contribution in [2.45, 2.75) is 18.6 Å². The van der Waals surface area contributed by atoms with Crippen LogP contribution in [0.4, 0.5) is 0 Å². The van der Waals surface area contributed by atoms with Crippen molar-refractivity contribution < 1.29 is 0 Å². The average molecular weight is 306 g/mol. The second kappa shape index (κ2) is 6.17. The first-order chi connectivity index (χ1) is 10.0. The van der Waals surface area contributed by atoms with Gasteiger partial charge in [-0.3, -0.25) is 13.9 Å². The van der Waals surface area contributed by atoms with E-state index in [4.69, 9.17) is 0 Å². The van der Waals surface area contributed by atoms with Gasteiger partial charge in [-0.25, -0.2) is 9.78 Å². The minimum absolute atomic E-state index is 0.333. The molecule has 0 N–H and O–H groups in total. The van der Waals surface area contributed by atoms with Crippen molar-refractivity contribution in [3.63, 3.8) is 0 Å². The van der Waals surface area contributed by atoms with Crippen LogP contribution in [0.25, 0.3) is 11.2 Å². The second-order valence-electron chi connectivity index (χ2n) is 4.55. The lowest BCUT2D eigenvalue weighted by atomic mass is 10.5. The Hall–Kier alpha value is -2.02. The highest BCUT2D eigenvalue weighted by atomic mass is 32.2. The largest absolute Gasteiger partial charge is 0.332 e. The zero-order chi connectivity index (χ0) is 15.6. The molecule has 6 nitrogen and oxygen atoms in total. The Morgan fingerprint density at radius 1 is 1.29 bits per heavy atom. The maximum Gasteiger partial charge on any atom is 0.332 e. The molecular weight excluding hydrogens is 288 g/mol. The van der Waals surface area contributed by atoms with E-state index < -0.39 is 0 Å². The van der Waals surface area contributed by atoms with Gasteiger partial charge >= 0.3 is 5.69 Å². The van der Waals surface area contributed by atoms with Crippen molar-refractivity contribution in [3.05, 3.63) is 45.6 Å².